The Morgan fingerprint density at radius 3 is 2.21 bits per heavy atom. The fraction of sp³-hybridized carbons (Fsp3) is 0.455. The van der Waals surface area contributed by atoms with Crippen LogP contribution in [0.25, 0.3) is 0 Å². The largest absolute Gasteiger partial charge is 0.497 e. The number of nitrogens with two attached hydrogens (primary N) is 1. The molecule has 1 aromatic rings. The molecule has 0 aromatic heterocycles. The second-order valence-corrected chi connectivity index (χ2v) is 3.38. The summed E-state index contributed by atoms with van der Waals surface area (Å²) in [5.41, 5.74) is 7.77. The molecule has 1 atom stereocenters. The zero-order valence-corrected chi connectivity index (χ0v) is 8.80. The molecule has 0 amide bonds. The van der Waals surface area contributed by atoms with E-state index in [1.807, 2.05) is 26.0 Å². The van der Waals surface area contributed by atoms with E-state index in [4.69, 9.17) is 10.5 Å². The Kier molecular flexibility index (Phi) is 3.47. The molecule has 1 unspecified atom stereocenters. The highest BCUT2D eigenvalue weighted by Gasteiger charge is 2.14. The number of ether oxygens (including phenoxy) is 1. The second-order valence-electron chi connectivity index (χ2n) is 3.38. The van der Waals surface area contributed by atoms with Crippen LogP contribution in [0.2, 0.25) is 0 Å². The average Bonchev–Trinajstić information content (AvgIpc) is 2.16. The minimum absolute atomic E-state index is 0.0218. The van der Waals surface area contributed by atoms with Gasteiger partial charge in [-0.2, -0.15) is 0 Å². The normalized spacial score (nSPS) is 12.6. The molecule has 1 aromatic carbocycles. The summed E-state index contributed by atoms with van der Waals surface area (Å²) in [5.74, 6) is 0.757. The minimum atomic E-state index is -1.08. The average molecular weight is 197 g/mol. The number of rotatable bonds is 3. The summed E-state index contributed by atoms with van der Waals surface area (Å²) < 4.78 is 18.5. The fourth-order valence-electron chi connectivity index (χ4n) is 1.66. The van der Waals surface area contributed by atoms with Crippen LogP contribution in [0.15, 0.2) is 12.1 Å². The highest BCUT2D eigenvalue weighted by Crippen LogP contribution is 2.28. The van der Waals surface area contributed by atoms with Gasteiger partial charge >= 0.3 is 0 Å². The van der Waals surface area contributed by atoms with E-state index in [1.165, 1.54) is 0 Å². The van der Waals surface area contributed by atoms with Crippen molar-refractivity contribution >= 4 is 0 Å². The van der Waals surface area contributed by atoms with Crippen molar-refractivity contribution < 1.29 is 9.13 Å². The van der Waals surface area contributed by atoms with Crippen LogP contribution in [-0.2, 0) is 0 Å². The predicted molar refractivity (Wildman–Crippen MR) is 55.4 cm³/mol. The molecule has 0 heterocycles. The maximum Gasteiger partial charge on any atom is 0.138 e. The summed E-state index contributed by atoms with van der Waals surface area (Å²) in [4.78, 5) is 0. The van der Waals surface area contributed by atoms with Crippen molar-refractivity contribution in [3.05, 3.63) is 28.8 Å². The summed E-state index contributed by atoms with van der Waals surface area (Å²) in [7, 11) is 1.60. The molecule has 2 N–H and O–H groups in total. The lowest BCUT2D eigenvalue weighted by atomic mass is 9.98. The van der Waals surface area contributed by atoms with E-state index in [1.54, 1.807) is 7.11 Å². The molecule has 0 fully saturated rings. The van der Waals surface area contributed by atoms with Crippen LogP contribution in [0.3, 0.4) is 0 Å². The number of alkyl halides is 1. The Labute approximate surface area is 83.9 Å². The SMILES string of the molecule is COc1cc(C)c(C(F)CN)c(C)c1. The lowest BCUT2D eigenvalue weighted by Gasteiger charge is -2.14. The monoisotopic (exact) mass is 197 g/mol. The number of halogens is 1. The molecule has 0 aliphatic heterocycles. The third-order valence-electron chi connectivity index (χ3n) is 2.32. The summed E-state index contributed by atoms with van der Waals surface area (Å²) in [5, 5.41) is 0. The molecule has 0 aliphatic carbocycles. The Hall–Kier alpha value is -1.09. The zero-order valence-electron chi connectivity index (χ0n) is 8.80. The summed E-state index contributed by atoms with van der Waals surface area (Å²) >= 11 is 0. The topological polar surface area (TPSA) is 35.2 Å². The van der Waals surface area contributed by atoms with Crippen LogP contribution in [0.5, 0.6) is 5.75 Å². The van der Waals surface area contributed by atoms with E-state index in [9.17, 15) is 4.39 Å². The molecule has 0 aliphatic rings. The molecule has 0 spiro atoms. The maximum atomic E-state index is 13.5. The first-order chi connectivity index (χ1) is 6.60. The van der Waals surface area contributed by atoms with Gasteiger partial charge in [-0.25, -0.2) is 4.39 Å². The van der Waals surface area contributed by atoms with Crippen LogP contribution in [0, 0.1) is 13.8 Å². The van der Waals surface area contributed by atoms with Gasteiger partial charge in [-0.05, 0) is 42.7 Å². The van der Waals surface area contributed by atoms with Gasteiger partial charge in [0.05, 0.1) is 7.11 Å². The summed E-state index contributed by atoms with van der Waals surface area (Å²) in [6.07, 6.45) is -1.08. The van der Waals surface area contributed by atoms with Crippen molar-refractivity contribution in [3.63, 3.8) is 0 Å². The molecule has 0 saturated carbocycles. The predicted octanol–water partition coefficient (Wildman–Crippen LogP) is 2.28. The van der Waals surface area contributed by atoms with E-state index in [0.717, 1.165) is 16.9 Å². The van der Waals surface area contributed by atoms with E-state index in [-0.39, 0.29) is 6.54 Å². The number of hydrogen-bond acceptors (Lipinski definition) is 2. The molecular weight excluding hydrogens is 181 g/mol. The van der Waals surface area contributed by atoms with Gasteiger partial charge in [0.1, 0.15) is 11.9 Å². The van der Waals surface area contributed by atoms with Gasteiger partial charge in [0, 0.05) is 6.54 Å². The Morgan fingerprint density at radius 1 is 1.36 bits per heavy atom. The van der Waals surface area contributed by atoms with E-state index in [2.05, 4.69) is 0 Å². The Morgan fingerprint density at radius 2 is 1.86 bits per heavy atom. The van der Waals surface area contributed by atoms with Crippen LogP contribution in [0.1, 0.15) is 22.9 Å². The van der Waals surface area contributed by atoms with Gasteiger partial charge in [0.15, 0.2) is 0 Å². The first-order valence-corrected chi connectivity index (χ1v) is 4.59. The third kappa shape index (κ3) is 2.04. The molecule has 14 heavy (non-hydrogen) atoms. The minimum Gasteiger partial charge on any atom is -0.497 e. The van der Waals surface area contributed by atoms with Gasteiger partial charge < -0.3 is 10.5 Å². The highest BCUT2D eigenvalue weighted by molar-refractivity contribution is 5.42. The molecule has 2 nitrogen and oxygen atoms in total. The number of benzene rings is 1. The van der Waals surface area contributed by atoms with E-state index >= 15 is 0 Å². The molecule has 3 heteroatoms. The number of methoxy groups -OCH3 is 1. The zero-order chi connectivity index (χ0) is 10.7. The first kappa shape index (κ1) is 11.0. The van der Waals surface area contributed by atoms with Gasteiger partial charge in [-0.15, -0.1) is 0 Å². The Bertz CT molecular complexity index is 302. The van der Waals surface area contributed by atoms with Crippen LogP contribution in [-0.4, -0.2) is 13.7 Å². The van der Waals surface area contributed by atoms with Crippen molar-refractivity contribution in [2.75, 3.05) is 13.7 Å². The van der Waals surface area contributed by atoms with Crippen LogP contribution in [0.4, 0.5) is 4.39 Å². The smallest absolute Gasteiger partial charge is 0.138 e. The van der Waals surface area contributed by atoms with Crippen molar-refractivity contribution in [2.24, 2.45) is 5.73 Å². The van der Waals surface area contributed by atoms with Gasteiger partial charge in [0.25, 0.3) is 0 Å². The maximum absolute atomic E-state index is 13.5. The van der Waals surface area contributed by atoms with E-state index in [0.29, 0.717) is 5.56 Å². The summed E-state index contributed by atoms with van der Waals surface area (Å²) in [6, 6.07) is 3.65. The molecule has 1 rings (SSSR count). The number of hydrogen-bond donors (Lipinski definition) is 1. The van der Waals surface area contributed by atoms with Gasteiger partial charge in [-0.3, -0.25) is 0 Å². The van der Waals surface area contributed by atoms with E-state index < -0.39 is 6.17 Å². The third-order valence-corrected chi connectivity index (χ3v) is 2.32. The van der Waals surface area contributed by atoms with Crippen molar-refractivity contribution in [3.8, 4) is 5.75 Å². The molecule has 0 radical (unpaired) electrons. The lowest BCUT2D eigenvalue weighted by Crippen LogP contribution is -2.10. The lowest BCUT2D eigenvalue weighted by molar-refractivity contribution is 0.349. The van der Waals surface area contributed by atoms with Crippen LogP contribution >= 0.6 is 0 Å². The second kappa shape index (κ2) is 4.42. The highest BCUT2D eigenvalue weighted by atomic mass is 19.1. The Balaban J connectivity index is 3.18. The summed E-state index contributed by atoms with van der Waals surface area (Å²) in [6.45, 7) is 3.76. The van der Waals surface area contributed by atoms with Gasteiger partial charge in [-0.1, -0.05) is 0 Å². The van der Waals surface area contributed by atoms with Crippen molar-refractivity contribution in [1.82, 2.24) is 0 Å². The molecular formula is C11H16FNO. The first-order valence-electron chi connectivity index (χ1n) is 4.59. The van der Waals surface area contributed by atoms with Crippen molar-refractivity contribution in [2.45, 2.75) is 20.0 Å². The van der Waals surface area contributed by atoms with Gasteiger partial charge in [0.2, 0.25) is 0 Å². The molecule has 0 saturated heterocycles. The van der Waals surface area contributed by atoms with Crippen molar-refractivity contribution in [1.29, 1.82) is 0 Å². The molecule has 78 valence electrons. The molecule has 0 bridgehead atoms. The fourth-order valence-corrected chi connectivity index (χ4v) is 1.66. The number of aryl methyl sites for hydroxylation is 2. The van der Waals surface area contributed by atoms with Crippen LogP contribution < -0.4 is 10.5 Å². The quantitative estimate of drug-likeness (QED) is 0.806. The standard InChI is InChI=1S/C11H16FNO/c1-7-4-9(14-3)5-8(2)11(7)10(12)6-13/h4-5,10H,6,13H2,1-3H3.